The Morgan fingerprint density at radius 3 is 2.77 bits per heavy atom. The number of aliphatic hydroxyl groups is 3. The Balaban J connectivity index is 1.64. The molecule has 3 heterocycles. The second kappa shape index (κ2) is 8.81. The van der Waals surface area contributed by atoms with E-state index in [1.54, 1.807) is 23.6 Å². The molecular formula is C20H21FN4O5S. The van der Waals surface area contributed by atoms with E-state index in [2.05, 4.69) is 10.3 Å². The van der Waals surface area contributed by atoms with Gasteiger partial charge in [-0.05, 0) is 23.6 Å². The summed E-state index contributed by atoms with van der Waals surface area (Å²) in [6.45, 7) is -0.534. The number of hydrogen-bond donors (Lipinski definition) is 3. The van der Waals surface area contributed by atoms with Crippen molar-refractivity contribution < 1.29 is 29.2 Å². The van der Waals surface area contributed by atoms with Gasteiger partial charge in [-0.3, -0.25) is 4.79 Å². The van der Waals surface area contributed by atoms with E-state index in [-0.39, 0.29) is 5.91 Å². The van der Waals surface area contributed by atoms with Crippen LogP contribution >= 0.6 is 11.3 Å². The molecule has 3 aromatic rings. The normalized spacial score (nSPS) is 26.0. The maximum Gasteiger partial charge on any atom is 0.265 e. The number of thiophene rings is 1. The molecule has 11 heteroatoms. The fourth-order valence-electron chi connectivity index (χ4n) is 3.61. The molecule has 0 aliphatic carbocycles. The Hall–Kier alpha value is -2.70. The van der Waals surface area contributed by atoms with E-state index in [1.807, 2.05) is 0 Å². The van der Waals surface area contributed by atoms with Gasteiger partial charge >= 0.3 is 0 Å². The minimum Gasteiger partial charge on any atom is -0.394 e. The van der Waals surface area contributed by atoms with Gasteiger partial charge in [0.25, 0.3) is 5.91 Å². The van der Waals surface area contributed by atoms with Gasteiger partial charge in [0.2, 0.25) is 0 Å². The highest BCUT2D eigenvalue weighted by Gasteiger charge is 2.48. The molecule has 9 nitrogen and oxygen atoms in total. The van der Waals surface area contributed by atoms with Crippen LogP contribution in [-0.4, -0.2) is 79.3 Å². The summed E-state index contributed by atoms with van der Waals surface area (Å²) in [7, 11) is 1.47. The molecule has 0 spiro atoms. The van der Waals surface area contributed by atoms with Crippen molar-refractivity contribution in [2.24, 2.45) is 0 Å². The number of ether oxygens (including phenoxy) is 1. The molecule has 0 saturated carbocycles. The van der Waals surface area contributed by atoms with Gasteiger partial charge in [-0.15, -0.1) is 16.4 Å². The first-order valence-electron chi connectivity index (χ1n) is 9.51. The number of benzene rings is 1. The molecule has 0 radical (unpaired) electrons. The van der Waals surface area contributed by atoms with Crippen LogP contribution in [0.25, 0.3) is 11.3 Å². The molecule has 1 aliphatic rings. The molecule has 31 heavy (non-hydrogen) atoms. The van der Waals surface area contributed by atoms with E-state index in [0.29, 0.717) is 16.1 Å². The Morgan fingerprint density at radius 1 is 1.29 bits per heavy atom. The Bertz CT molecular complexity index is 1050. The molecule has 4 rings (SSSR count). The first-order chi connectivity index (χ1) is 14.9. The predicted molar refractivity (Wildman–Crippen MR) is 109 cm³/mol. The molecule has 0 bridgehead atoms. The van der Waals surface area contributed by atoms with Gasteiger partial charge in [0, 0.05) is 12.6 Å². The zero-order valence-corrected chi connectivity index (χ0v) is 17.3. The van der Waals surface area contributed by atoms with Crippen molar-refractivity contribution in [3.05, 3.63) is 58.7 Å². The number of aliphatic hydroxyl groups excluding tert-OH is 3. The van der Waals surface area contributed by atoms with Crippen LogP contribution in [0.3, 0.4) is 0 Å². The summed E-state index contributed by atoms with van der Waals surface area (Å²) in [6.07, 6.45) is -3.47. The summed E-state index contributed by atoms with van der Waals surface area (Å²) in [5, 5.41) is 41.2. The fraction of sp³-hybridized carbons (Fsp3) is 0.350. The van der Waals surface area contributed by atoms with Crippen molar-refractivity contribution in [1.29, 1.82) is 0 Å². The van der Waals surface area contributed by atoms with Gasteiger partial charge in [0.15, 0.2) is 6.23 Å². The standard InChI is InChI=1S/C20H21FN4O5S/c1-24(19(29)15-6-3-7-31-15)20-18(28)16(17(27)14(10-26)30-20)25-9-13(22-23-25)11-4-2-5-12(21)8-11/h2-9,14,16-18,20,26-28H,10H2,1H3/t14-,16+,17+,18-,20-/m0/s1. The lowest BCUT2D eigenvalue weighted by atomic mass is 9.95. The van der Waals surface area contributed by atoms with Gasteiger partial charge in [0.05, 0.1) is 17.7 Å². The highest BCUT2D eigenvalue weighted by molar-refractivity contribution is 7.12. The van der Waals surface area contributed by atoms with Crippen molar-refractivity contribution in [3.8, 4) is 11.3 Å². The van der Waals surface area contributed by atoms with Crippen LogP contribution in [-0.2, 0) is 4.74 Å². The largest absolute Gasteiger partial charge is 0.394 e. The van der Waals surface area contributed by atoms with Crippen molar-refractivity contribution >= 4 is 17.2 Å². The number of aromatic nitrogens is 3. The summed E-state index contributed by atoms with van der Waals surface area (Å²) < 4.78 is 20.4. The third-order valence-electron chi connectivity index (χ3n) is 5.24. The van der Waals surface area contributed by atoms with E-state index in [4.69, 9.17) is 4.74 Å². The number of carbonyl (C=O) groups excluding carboxylic acids is 1. The van der Waals surface area contributed by atoms with Crippen molar-refractivity contribution in [2.45, 2.75) is 30.6 Å². The summed E-state index contributed by atoms with van der Waals surface area (Å²) in [4.78, 5) is 14.4. The molecule has 1 amide bonds. The Labute approximate surface area is 180 Å². The first kappa shape index (κ1) is 21.5. The van der Waals surface area contributed by atoms with Crippen LogP contribution in [0.1, 0.15) is 15.7 Å². The first-order valence-corrected chi connectivity index (χ1v) is 10.4. The van der Waals surface area contributed by atoms with Crippen molar-refractivity contribution in [3.63, 3.8) is 0 Å². The van der Waals surface area contributed by atoms with Gasteiger partial charge < -0.3 is 25.0 Å². The number of carbonyl (C=O) groups is 1. The third kappa shape index (κ3) is 4.10. The highest BCUT2D eigenvalue weighted by atomic mass is 32.1. The number of hydrogen-bond acceptors (Lipinski definition) is 8. The molecule has 3 N–H and O–H groups in total. The fourth-order valence-corrected chi connectivity index (χ4v) is 4.31. The topological polar surface area (TPSA) is 121 Å². The number of nitrogens with zero attached hydrogens (tertiary/aromatic N) is 4. The predicted octanol–water partition coefficient (Wildman–Crippen LogP) is 0.898. The van der Waals surface area contributed by atoms with Crippen LogP contribution in [0, 0.1) is 5.82 Å². The lowest BCUT2D eigenvalue weighted by molar-refractivity contribution is -0.235. The monoisotopic (exact) mass is 448 g/mol. The lowest BCUT2D eigenvalue weighted by Crippen LogP contribution is -2.61. The smallest absolute Gasteiger partial charge is 0.265 e. The zero-order valence-electron chi connectivity index (χ0n) is 16.4. The summed E-state index contributed by atoms with van der Waals surface area (Å²) in [5.41, 5.74) is 0.813. The molecule has 0 unspecified atom stereocenters. The quantitative estimate of drug-likeness (QED) is 0.530. The summed E-state index contributed by atoms with van der Waals surface area (Å²) in [5.74, 6) is -0.808. The average Bonchev–Trinajstić information content (AvgIpc) is 3.46. The van der Waals surface area contributed by atoms with Crippen LogP contribution in [0.4, 0.5) is 4.39 Å². The molecule has 2 aromatic heterocycles. The van der Waals surface area contributed by atoms with Gasteiger partial charge in [-0.1, -0.05) is 23.4 Å². The molecule has 5 atom stereocenters. The Kier molecular flexibility index (Phi) is 6.12. The van der Waals surface area contributed by atoms with Gasteiger partial charge in [-0.25, -0.2) is 9.07 Å². The van der Waals surface area contributed by atoms with E-state index >= 15 is 0 Å². The molecule has 1 aliphatic heterocycles. The summed E-state index contributed by atoms with van der Waals surface area (Å²) in [6, 6.07) is 8.10. The second-order valence-corrected chi connectivity index (χ2v) is 8.15. The maximum absolute atomic E-state index is 13.6. The highest BCUT2D eigenvalue weighted by Crippen LogP contribution is 2.32. The van der Waals surface area contributed by atoms with Crippen molar-refractivity contribution in [1.82, 2.24) is 19.9 Å². The lowest BCUT2D eigenvalue weighted by Gasteiger charge is -2.44. The van der Waals surface area contributed by atoms with E-state index in [1.165, 1.54) is 52.4 Å². The van der Waals surface area contributed by atoms with Gasteiger partial charge in [0.1, 0.15) is 35.9 Å². The van der Waals surface area contributed by atoms with Crippen LogP contribution in [0.2, 0.25) is 0 Å². The molecule has 164 valence electrons. The second-order valence-electron chi connectivity index (χ2n) is 7.21. The number of amides is 1. The molecule has 1 saturated heterocycles. The van der Waals surface area contributed by atoms with E-state index < -0.39 is 43.0 Å². The molecule has 1 fully saturated rings. The van der Waals surface area contributed by atoms with E-state index in [9.17, 15) is 24.5 Å². The van der Waals surface area contributed by atoms with Crippen LogP contribution in [0.5, 0.6) is 0 Å². The van der Waals surface area contributed by atoms with Crippen LogP contribution < -0.4 is 0 Å². The summed E-state index contributed by atoms with van der Waals surface area (Å²) >= 11 is 1.25. The minimum atomic E-state index is -1.38. The number of rotatable bonds is 5. The Morgan fingerprint density at radius 2 is 2.10 bits per heavy atom. The van der Waals surface area contributed by atoms with E-state index in [0.717, 1.165) is 0 Å². The third-order valence-corrected chi connectivity index (χ3v) is 6.10. The van der Waals surface area contributed by atoms with Crippen molar-refractivity contribution in [2.75, 3.05) is 13.7 Å². The SMILES string of the molecule is CN(C(=O)c1cccs1)[C@H]1O[C@@H](CO)[C@@H](O)[C@@H](n2cc(-c3cccc(F)c3)nn2)[C@@H]1O. The maximum atomic E-state index is 13.6. The molecular weight excluding hydrogens is 427 g/mol. The van der Waals surface area contributed by atoms with Crippen LogP contribution in [0.15, 0.2) is 48.0 Å². The van der Waals surface area contributed by atoms with Gasteiger partial charge in [-0.2, -0.15) is 0 Å². The zero-order chi connectivity index (χ0) is 22.1. The average molecular weight is 448 g/mol. The number of likely N-dealkylation sites (N-methyl/N-ethyl adjacent to an activating group) is 1. The number of halogens is 1. The molecule has 1 aromatic carbocycles. The minimum absolute atomic E-state index is 0.338.